The van der Waals surface area contributed by atoms with Gasteiger partial charge in [0.1, 0.15) is 5.75 Å². The Labute approximate surface area is 99.5 Å². The Balaban J connectivity index is 2.55. The highest BCUT2D eigenvalue weighted by Crippen LogP contribution is 2.11. The van der Waals surface area contributed by atoms with Crippen molar-refractivity contribution in [2.24, 2.45) is 5.73 Å². The minimum Gasteiger partial charge on any atom is -0.508 e. The topological polar surface area (TPSA) is 75.3 Å². The van der Waals surface area contributed by atoms with E-state index < -0.39 is 0 Å². The number of benzene rings is 1. The van der Waals surface area contributed by atoms with Crippen LogP contribution in [0, 0.1) is 0 Å². The first-order valence-electron chi connectivity index (χ1n) is 4.85. The number of thiocarbonyl (C=S) groups is 1. The molecular formula is C11H14N2O2S. The van der Waals surface area contributed by atoms with Gasteiger partial charge in [0.2, 0.25) is 5.91 Å². The van der Waals surface area contributed by atoms with Gasteiger partial charge in [0, 0.05) is 0 Å². The number of phenols is 1. The van der Waals surface area contributed by atoms with Gasteiger partial charge in [-0.15, -0.1) is 0 Å². The summed E-state index contributed by atoms with van der Waals surface area (Å²) in [5.74, 6) is -0.0291. The molecule has 1 atom stereocenters. The first-order valence-corrected chi connectivity index (χ1v) is 5.26. The second-order valence-corrected chi connectivity index (χ2v) is 4.01. The SMILES string of the molecule is CC(NC(=O)Cc1cccc(O)c1)C(N)=S. The fourth-order valence-electron chi connectivity index (χ4n) is 1.22. The van der Waals surface area contributed by atoms with E-state index in [9.17, 15) is 9.90 Å². The van der Waals surface area contributed by atoms with Crippen molar-refractivity contribution in [3.05, 3.63) is 29.8 Å². The molecule has 0 aromatic heterocycles. The van der Waals surface area contributed by atoms with Gasteiger partial charge < -0.3 is 16.2 Å². The number of phenolic OH excluding ortho intramolecular Hbond substituents is 1. The van der Waals surface area contributed by atoms with Crippen LogP contribution >= 0.6 is 12.2 Å². The monoisotopic (exact) mass is 238 g/mol. The van der Waals surface area contributed by atoms with E-state index in [1.807, 2.05) is 0 Å². The van der Waals surface area contributed by atoms with Crippen LogP contribution in [0.4, 0.5) is 0 Å². The molecule has 1 amide bonds. The molecule has 0 radical (unpaired) electrons. The number of nitrogens with one attached hydrogen (secondary N) is 1. The minimum atomic E-state index is -0.320. The fourth-order valence-corrected chi connectivity index (χ4v) is 1.27. The van der Waals surface area contributed by atoms with Crippen LogP contribution in [0.15, 0.2) is 24.3 Å². The number of carbonyl (C=O) groups is 1. The first-order chi connectivity index (χ1) is 7.49. The Morgan fingerprint density at radius 1 is 1.62 bits per heavy atom. The standard InChI is InChI=1S/C11H14N2O2S/c1-7(11(12)16)13-10(15)6-8-3-2-4-9(14)5-8/h2-5,7,14H,6H2,1H3,(H2,12,16)(H,13,15). The number of hydrogen-bond acceptors (Lipinski definition) is 3. The van der Waals surface area contributed by atoms with E-state index in [2.05, 4.69) is 5.32 Å². The normalized spacial score (nSPS) is 11.8. The second-order valence-electron chi connectivity index (χ2n) is 3.54. The molecule has 1 rings (SSSR count). The van der Waals surface area contributed by atoms with Crippen LogP contribution in [0.3, 0.4) is 0 Å². The van der Waals surface area contributed by atoms with E-state index in [1.54, 1.807) is 31.2 Å². The van der Waals surface area contributed by atoms with E-state index in [0.717, 1.165) is 5.56 Å². The lowest BCUT2D eigenvalue weighted by molar-refractivity contribution is -0.120. The maximum absolute atomic E-state index is 11.5. The summed E-state index contributed by atoms with van der Waals surface area (Å²) in [7, 11) is 0. The van der Waals surface area contributed by atoms with Crippen molar-refractivity contribution < 1.29 is 9.90 Å². The molecule has 16 heavy (non-hydrogen) atoms. The predicted octanol–water partition coefficient (Wildman–Crippen LogP) is 0.725. The molecule has 1 unspecified atom stereocenters. The maximum atomic E-state index is 11.5. The summed E-state index contributed by atoms with van der Waals surface area (Å²) < 4.78 is 0. The third kappa shape index (κ3) is 3.86. The van der Waals surface area contributed by atoms with E-state index in [4.69, 9.17) is 18.0 Å². The molecule has 1 aromatic rings. The van der Waals surface area contributed by atoms with E-state index in [0.29, 0.717) is 0 Å². The molecule has 0 bridgehead atoms. The Hall–Kier alpha value is -1.62. The minimum absolute atomic E-state index is 0.146. The Morgan fingerprint density at radius 2 is 2.31 bits per heavy atom. The molecule has 5 heteroatoms. The number of nitrogens with two attached hydrogens (primary N) is 1. The molecule has 0 aliphatic rings. The number of aromatic hydroxyl groups is 1. The number of rotatable bonds is 4. The molecule has 0 aliphatic heterocycles. The van der Waals surface area contributed by atoms with Crippen molar-refractivity contribution in [1.29, 1.82) is 0 Å². The molecular weight excluding hydrogens is 224 g/mol. The average Bonchev–Trinajstić information content (AvgIpc) is 2.16. The summed E-state index contributed by atoms with van der Waals surface area (Å²) in [6.45, 7) is 1.72. The second kappa shape index (κ2) is 5.46. The van der Waals surface area contributed by atoms with Gasteiger partial charge in [-0.1, -0.05) is 24.4 Å². The van der Waals surface area contributed by atoms with Gasteiger partial charge in [-0.25, -0.2) is 0 Å². The smallest absolute Gasteiger partial charge is 0.224 e. The van der Waals surface area contributed by atoms with E-state index in [-0.39, 0.29) is 29.1 Å². The molecule has 86 valence electrons. The number of carbonyl (C=O) groups excluding carboxylic acids is 1. The lowest BCUT2D eigenvalue weighted by atomic mass is 10.1. The third-order valence-corrected chi connectivity index (χ3v) is 2.43. The first kappa shape index (κ1) is 12.4. The van der Waals surface area contributed by atoms with E-state index >= 15 is 0 Å². The van der Waals surface area contributed by atoms with Gasteiger partial charge in [0.15, 0.2) is 0 Å². The molecule has 0 fully saturated rings. The van der Waals surface area contributed by atoms with Crippen LogP contribution in [-0.4, -0.2) is 22.0 Å². The Morgan fingerprint density at radius 3 is 2.88 bits per heavy atom. The van der Waals surface area contributed by atoms with Gasteiger partial charge in [-0.3, -0.25) is 4.79 Å². The zero-order chi connectivity index (χ0) is 12.1. The largest absolute Gasteiger partial charge is 0.508 e. The van der Waals surface area contributed by atoms with Crippen LogP contribution in [0.5, 0.6) is 5.75 Å². The molecule has 0 saturated heterocycles. The summed E-state index contributed by atoms with van der Waals surface area (Å²) in [6.07, 6.45) is 0.196. The van der Waals surface area contributed by atoms with Gasteiger partial charge in [0.05, 0.1) is 17.5 Å². The van der Waals surface area contributed by atoms with Gasteiger partial charge >= 0.3 is 0 Å². The van der Waals surface area contributed by atoms with E-state index in [1.165, 1.54) is 0 Å². The van der Waals surface area contributed by atoms with Crippen molar-refractivity contribution in [3.63, 3.8) is 0 Å². The van der Waals surface area contributed by atoms with Crippen LogP contribution in [0.1, 0.15) is 12.5 Å². The molecule has 0 heterocycles. The highest BCUT2D eigenvalue weighted by Gasteiger charge is 2.09. The molecule has 0 saturated carbocycles. The lowest BCUT2D eigenvalue weighted by Crippen LogP contribution is -2.41. The van der Waals surface area contributed by atoms with Gasteiger partial charge in [-0.2, -0.15) is 0 Å². The molecule has 4 nitrogen and oxygen atoms in total. The highest BCUT2D eigenvalue weighted by molar-refractivity contribution is 7.80. The third-order valence-electron chi connectivity index (χ3n) is 2.08. The zero-order valence-corrected chi connectivity index (χ0v) is 9.75. The maximum Gasteiger partial charge on any atom is 0.224 e. The molecule has 0 spiro atoms. The molecule has 4 N–H and O–H groups in total. The van der Waals surface area contributed by atoms with Crippen molar-refractivity contribution in [1.82, 2.24) is 5.32 Å². The van der Waals surface area contributed by atoms with Crippen LogP contribution in [0.25, 0.3) is 0 Å². The highest BCUT2D eigenvalue weighted by atomic mass is 32.1. The lowest BCUT2D eigenvalue weighted by Gasteiger charge is -2.11. The molecule has 1 aromatic carbocycles. The predicted molar refractivity (Wildman–Crippen MR) is 66.2 cm³/mol. The van der Waals surface area contributed by atoms with Crippen LogP contribution in [-0.2, 0) is 11.2 Å². The Bertz CT molecular complexity index is 407. The van der Waals surface area contributed by atoms with Crippen molar-refractivity contribution >= 4 is 23.1 Å². The average molecular weight is 238 g/mol. The Kier molecular flexibility index (Phi) is 4.25. The summed E-state index contributed by atoms with van der Waals surface area (Å²) in [6, 6.07) is 6.24. The number of amides is 1. The van der Waals surface area contributed by atoms with Crippen LogP contribution < -0.4 is 11.1 Å². The summed E-state index contributed by atoms with van der Waals surface area (Å²) in [4.78, 5) is 11.8. The van der Waals surface area contributed by atoms with Crippen molar-refractivity contribution in [2.45, 2.75) is 19.4 Å². The number of hydrogen-bond donors (Lipinski definition) is 3. The quantitative estimate of drug-likeness (QED) is 0.676. The fraction of sp³-hybridized carbons (Fsp3) is 0.273. The van der Waals surface area contributed by atoms with Crippen molar-refractivity contribution in [3.8, 4) is 5.75 Å². The van der Waals surface area contributed by atoms with Gasteiger partial charge in [0.25, 0.3) is 0 Å². The van der Waals surface area contributed by atoms with Gasteiger partial charge in [-0.05, 0) is 24.6 Å². The van der Waals surface area contributed by atoms with Crippen LogP contribution in [0.2, 0.25) is 0 Å². The summed E-state index contributed by atoms with van der Waals surface area (Å²) >= 11 is 4.75. The summed E-state index contributed by atoms with van der Waals surface area (Å²) in [5, 5.41) is 11.9. The molecule has 0 aliphatic carbocycles. The summed E-state index contributed by atoms with van der Waals surface area (Å²) in [5.41, 5.74) is 6.12. The zero-order valence-electron chi connectivity index (χ0n) is 8.93. The van der Waals surface area contributed by atoms with Crippen molar-refractivity contribution in [2.75, 3.05) is 0 Å².